The van der Waals surface area contributed by atoms with Gasteiger partial charge in [0, 0.05) is 43.2 Å². The molecule has 0 fully saturated rings. The molecular weight excluding hydrogens is 352 g/mol. The number of para-hydroxylation sites is 1. The number of nitrogens with zero attached hydrogens (tertiary/aromatic N) is 4. The van der Waals surface area contributed by atoms with Crippen molar-refractivity contribution in [2.75, 3.05) is 33.2 Å². The van der Waals surface area contributed by atoms with Crippen molar-refractivity contribution in [1.29, 1.82) is 0 Å². The van der Waals surface area contributed by atoms with Crippen molar-refractivity contribution >= 4 is 11.3 Å². The minimum Gasteiger partial charge on any atom is -0.497 e. The Morgan fingerprint density at radius 1 is 0.893 bits per heavy atom. The Bertz CT molecular complexity index is 1110. The Balaban J connectivity index is 1.89. The van der Waals surface area contributed by atoms with Crippen LogP contribution in [-0.4, -0.2) is 42.7 Å². The molecule has 0 aliphatic rings. The van der Waals surface area contributed by atoms with Crippen molar-refractivity contribution in [2.45, 2.75) is 0 Å². The van der Waals surface area contributed by atoms with Gasteiger partial charge in [0.1, 0.15) is 11.5 Å². The highest BCUT2D eigenvalue weighted by Crippen LogP contribution is 2.32. The Morgan fingerprint density at radius 3 is 2.29 bits per heavy atom. The summed E-state index contributed by atoms with van der Waals surface area (Å²) in [7, 11) is 7.35. The third-order valence-electron chi connectivity index (χ3n) is 4.70. The molecule has 6 heteroatoms. The van der Waals surface area contributed by atoms with Crippen LogP contribution in [0, 0.1) is 0 Å². The van der Waals surface area contributed by atoms with Gasteiger partial charge in [0.15, 0.2) is 5.65 Å². The predicted octanol–water partition coefficient (Wildman–Crippen LogP) is 4.15. The summed E-state index contributed by atoms with van der Waals surface area (Å²) in [6.45, 7) is 0. The smallest absolute Gasteiger partial charge is 0.155 e. The molecule has 0 N–H and O–H groups in total. The highest BCUT2D eigenvalue weighted by atomic mass is 16.5. The zero-order valence-corrected chi connectivity index (χ0v) is 16.4. The number of fused-ring (bicyclic) bond motifs is 1. The summed E-state index contributed by atoms with van der Waals surface area (Å²) < 4.78 is 12.9. The van der Waals surface area contributed by atoms with Crippen LogP contribution in [0.3, 0.4) is 0 Å². The van der Waals surface area contributed by atoms with Gasteiger partial charge in [-0.25, -0.2) is 4.98 Å². The molecule has 0 atom stereocenters. The fourth-order valence-corrected chi connectivity index (χ4v) is 3.28. The highest BCUT2D eigenvalue weighted by Gasteiger charge is 2.13. The Labute approximate surface area is 164 Å². The Hall–Kier alpha value is -3.54. The minimum atomic E-state index is 0.733. The van der Waals surface area contributed by atoms with E-state index in [1.807, 2.05) is 61.2 Å². The van der Waals surface area contributed by atoms with Crippen LogP contribution in [-0.2, 0) is 0 Å². The van der Waals surface area contributed by atoms with E-state index in [4.69, 9.17) is 9.47 Å². The number of hydrogen-bond acceptors (Lipinski definition) is 5. The van der Waals surface area contributed by atoms with Crippen LogP contribution < -0.4 is 14.4 Å². The summed E-state index contributed by atoms with van der Waals surface area (Å²) in [4.78, 5) is 11.2. The first-order chi connectivity index (χ1) is 13.6. The monoisotopic (exact) mass is 374 g/mol. The van der Waals surface area contributed by atoms with Crippen LogP contribution in [0.2, 0.25) is 0 Å². The standard InChI is InChI=1S/C22H22N4O2/c1-25(2)20-8-6-5-7-18(20)19-14-26-21(12-24-22(26)13-23-19)15-9-16(27-3)11-17(10-15)28-4/h5-14H,1-4H3. The lowest BCUT2D eigenvalue weighted by Gasteiger charge is -2.17. The van der Waals surface area contributed by atoms with Crippen LogP contribution in [0.1, 0.15) is 0 Å². The van der Waals surface area contributed by atoms with Gasteiger partial charge >= 0.3 is 0 Å². The molecule has 0 radical (unpaired) electrons. The summed E-state index contributed by atoms with van der Waals surface area (Å²) in [6, 6.07) is 14.0. The van der Waals surface area contributed by atoms with E-state index in [1.54, 1.807) is 20.4 Å². The summed E-state index contributed by atoms with van der Waals surface area (Å²) in [5.41, 5.74) is 5.74. The predicted molar refractivity (Wildman–Crippen MR) is 111 cm³/mol. The molecule has 6 nitrogen and oxygen atoms in total. The fourth-order valence-electron chi connectivity index (χ4n) is 3.28. The molecular formula is C22H22N4O2. The first-order valence-electron chi connectivity index (χ1n) is 8.94. The molecule has 0 saturated carbocycles. The van der Waals surface area contributed by atoms with Gasteiger partial charge in [-0.05, 0) is 18.2 Å². The van der Waals surface area contributed by atoms with Crippen LogP contribution in [0.4, 0.5) is 5.69 Å². The quantitative estimate of drug-likeness (QED) is 0.525. The first-order valence-corrected chi connectivity index (χ1v) is 8.94. The van der Waals surface area contributed by atoms with E-state index in [2.05, 4.69) is 27.0 Å². The fraction of sp³-hybridized carbons (Fsp3) is 0.182. The number of anilines is 1. The van der Waals surface area contributed by atoms with E-state index in [0.717, 1.165) is 45.3 Å². The highest BCUT2D eigenvalue weighted by molar-refractivity contribution is 5.77. The van der Waals surface area contributed by atoms with E-state index in [9.17, 15) is 0 Å². The van der Waals surface area contributed by atoms with E-state index < -0.39 is 0 Å². The van der Waals surface area contributed by atoms with Gasteiger partial charge in [-0.2, -0.15) is 0 Å². The molecule has 0 aliphatic carbocycles. The zero-order chi connectivity index (χ0) is 19.7. The maximum atomic E-state index is 5.42. The number of methoxy groups -OCH3 is 2. The molecule has 2 aromatic carbocycles. The number of imidazole rings is 1. The number of hydrogen-bond donors (Lipinski definition) is 0. The molecule has 0 saturated heterocycles. The summed E-state index contributed by atoms with van der Waals surface area (Å²) in [5, 5.41) is 0. The summed E-state index contributed by atoms with van der Waals surface area (Å²) >= 11 is 0. The zero-order valence-electron chi connectivity index (χ0n) is 16.4. The lowest BCUT2D eigenvalue weighted by molar-refractivity contribution is 0.394. The van der Waals surface area contributed by atoms with Gasteiger partial charge in [0.25, 0.3) is 0 Å². The van der Waals surface area contributed by atoms with E-state index >= 15 is 0 Å². The van der Waals surface area contributed by atoms with Crippen LogP contribution in [0.25, 0.3) is 28.2 Å². The van der Waals surface area contributed by atoms with Crippen molar-refractivity contribution in [3.8, 4) is 34.0 Å². The first kappa shape index (κ1) is 17.9. The number of rotatable bonds is 5. The number of benzene rings is 2. The molecule has 2 aromatic heterocycles. The lowest BCUT2D eigenvalue weighted by Crippen LogP contribution is -2.10. The average molecular weight is 374 g/mol. The average Bonchev–Trinajstić information content (AvgIpc) is 3.16. The molecule has 0 bridgehead atoms. The number of aromatic nitrogens is 3. The molecule has 0 amide bonds. The molecule has 0 unspecified atom stereocenters. The van der Waals surface area contributed by atoms with Gasteiger partial charge in [0.05, 0.1) is 38.0 Å². The topological polar surface area (TPSA) is 51.9 Å². The van der Waals surface area contributed by atoms with E-state index in [1.165, 1.54) is 0 Å². The second kappa shape index (κ2) is 7.23. The molecule has 142 valence electrons. The largest absolute Gasteiger partial charge is 0.497 e. The molecule has 2 heterocycles. The van der Waals surface area contributed by atoms with Crippen molar-refractivity contribution in [3.63, 3.8) is 0 Å². The molecule has 4 rings (SSSR count). The van der Waals surface area contributed by atoms with Crippen LogP contribution in [0.5, 0.6) is 11.5 Å². The molecule has 4 aromatic rings. The van der Waals surface area contributed by atoms with E-state index in [-0.39, 0.29) is 0 Å². The Kier molecular flexibility index (Phi) is 4.61. The SMILES string of the molecule is COc1cc(OC)cc(-c2cnc3cnc(-c4ccccc4N(C)C)cn23)c1. The second-order valence-electron chi connectivity index (χ2n) is 6.66. The van der Waals surface area contributed by atoms with Crippen LogP contribution >= 0.6 is 0 Å². The normalized spacial score (nSPS) is 10.9. The Morgan fingerprint density at radius 2 is 1.61 bits per heavy atom. The lowest BCUT2D eigenvalue weighted by atomic mass is 10.1. The van der Waals surface area contributed by atoms with Gasteiger partial charge in [-0.15, -0.1) is 0 Å². The van der Waals surface area contributed by atoms with Crippen molar-refractivity contribution < 1.29 is 9.47 Å². The van der Waals surface area contributed by atoms with Gasteiger partial charge in [-0.3, -0.25) is 9.38 Å². The molecule has 28 heavy (non-hydrogen) atoms. The third-order valence-corrected chi connectivity index (χ3v) is 4.70. The second-order valence-corrected chi connectivity index (χ2v) is 6.66. The van der Waals surface area contributed by atoms with Gasteiger partial charge in [0.2, 0.25) is 0 Å². The molecule has 0 spiro atoms. The van der Waals surface area contributed by atoms with Crippen molar-refractivity contribution in [2.24, 2.45) is 0 Å². The number of ether oxygens (including phenoxy) is 2. The maximum Gasteiger partial charge on any atom is 0.155 e. The minimum absolute atomic E-state index is 0.733. The maximum absolute atomic E-state index is 5.42. The van der Waals surface area contributed by atoms with Crippen molar-refractivity contribution in [1.82, 2.24) is 14.4 Å². The van der Waals surface area contributed by atoms with Crippen molar-refractivity contribution in [3.05, 3.63) is 61.1 Å². The molecule has 0 aliphatic heterocycles. The van der Waals surface area contributed by atoms with Crippen LogP contribution in [0.15, 0.2) is 61.1 Å². The van der Waals surface area contributed by atoms with Gasteiger partial charge < -0.3 is 14.4 Å². The summed E-state index contributed by atoms with van der Waals surface area (Å²) in [6.07, 6.45) is 5.65. The van der Waals surface area contributed by atoms with E-state index in [0.29, 0.717) is 0 Å². The van der Waals surface area contributed by atoms with Gasteiger partial charge in [-0.1, -0.05) is 18.2 Å². The third kappa shape index (κ3) is 3.13. The summed E-state index contributed by atoms with van der Waals surface area (Å²) in [5.74, 6) is 1.47.